The third-order valence-electron chi connectivity index (χ3n) is 3.36. The summed E-state index contributed by atoms with van der Waals surface area (Å²) in [5.74, 6) is 1.08. The van der Waals surface area contributed by atoms with Gasteiger partial charge in [0.05, 0.1) is 7.11 Å². The van der Waals surface area contributed by atoms with Crippen LogP contribution in [-0.4, -0.2) is 31.7 Å². The molecule has 0 fully saturated rings. The summed E-state index contributed by atoms with van der Waals surface area (Å²) in [4.78, 5) is 12.1. The highest BCUT2D eigenvalue weighted by Gasteiger charge is 2.20. The van der Waals surface area contributed by atoms with Gasteiger partial charge in [-0.15, -0.1) is 0 Å². The van der Waals surface area contributed by atoms with Crippen molar-refractivity contribution >= 4 is 5.91 Å². The number of hydrogen-bond acceptors (Lipinski definition) is 4. The third kappa shape index (κ3) is 4.93. The fourth-order valence-corrected chi connectivity index (χ4v) is 1.90. The van der Waals surface area contributed by atoms with Crippen molar-refractivity contribution < 1.29 is 14.3 Å². The Morgan fingerprint density at radius 1 is 1.38 bits per heavy atom. The maximum absolute atomic E-state index is 12.1. The van der Waals surface area contributed by atoms with Crippen molar-refractivity contribution in [3.8, 4) is 11.5 Å². The second-order valence-corrected chi connectivity index (χ2v) is 5.07. The molecule has 1 rings (SSSR count). The van der Waals surface area contributed by atoms with Crippen LogP contribution in [0.4, 0.5) is 0 Å². The van der Waals surface area contributed by atoms with Crippen molar-refractivity contribution in [1.29, 1.82) is 0 Å². The lowest BCUT2D eigenvalue weighted by Crippen LogP contribution is -2.41. The van der Waals surface area contributed by atoms with E-state index in [9.17, 15) is 4.79 Å². The second-order valence-electron chi connectivity index (χ2n) is 5.07. The highest BCUT2D eigenvalue weighted by Crippen LogP contribution is 2.32. The molecule has 0 aliphatic heterocycles. The number of para-hydroxylation sites is 1. The zero-order valence-electron chi connectivity index (χ0n) is 13.3. The van der Waals surface area contributed by atoms with Crippen molar-refractivity contribution in [3.05, 3.63) is 23.8 Å². The van der Waals surface area contributed by atoms with Crippen LogP contribution < -0.4 is 20.5 Å². The molecule has 0 heterocycles. The second kappa shape index (κ2) is 8.52. The van der Waals surface area contributed by atoms with Gasteiger partial charge in [-0.2, -0.15) is 0 Å². The topological polar surface area (TPSA) is 73.6 Å². The van der Waals surface area contributed by atoms with Crippen LogP contribution in [0.2, 0.25) is 0 Å². The number of amides is 1. The molecule has 0 aromatic heterocycles. The molecule has 5 nitrogen and oxygen atoms in total. The smallest absolute Gasteiger partial charge is 0.260 e. The number of carbonyl (C=O) groups excluding carboxylic acids is 1. The molecule has 0 aliphatic carbocycles. The molecule has 21 heavy (non-hydrogen) atoms. The number of nitrogens with two attached hydrogens (primary N) is 1. The van der Waals surface area contributed by atoms with Crippen molar-refractivity contribution in [3.63, 3.8) is 0 Å². The van der Waals surface area contributed by atoms with Crippen molar-refractivity contribution in [2.24, 2.45) is 5.73 Å². The van der Waals surface area contributed by atoms with Crippen LogP contribution in [0.3, 0.4) is 0 Å². The van der Waals surface area contributed by atoms with Crippen LogP contribution >= 0.6 is 0 Å². The predicted octanol–water partition coefficient (Wildman–Crippen LogP) is 1.88. The first kappa shape index (κ1) is 17.3. The van der Waals surface area contributed by atoms with E-state index in [0.717, 1.165) is 12.0 Å². The van der Waals surface area contributed by atoms with E-state index in [1.165, 1.54) is 0 Å². The molecular formula is C16H26N2O3. The number of nitrogens with one attached hydrogen (secondary N) is 1. The van der Waals surface area contributed by atoms with Gasteiger partial charge in [0, 0.05) is 6.04 Å². The fourth-order valence-electron chi connectivity index (χ4n) is 1.90. The van der Waals surface area contributed by atoms with E-state index in [-0.39, 0.29) is 11.9 Å². The van der Waals surface area contributed by atoms with E-state index >= 15 is 0 Å². The van der Waals surface area contributed by atoms with E-state index in [2.05, 4.69) is 5.32 Å². The number of rotatable bonds is 8. The number of methoxy groups -OCH3 is 1. The predicted molar refractivity (Wildman–Crippen MR) is 83.7 cm³/mol. The maximum atomic E-state index is 12.1. The van der Waals surface area contributed by atoms with Gasteiger partial charge in [-0.1, -0.05) is 19.1 Å². The standard InChI is InChI=1S/C16H26N2O3/c1-5-11(2)18-16(19)12(3)21-15-13(9-10-17)7-6-8-14(15)20-4/h6-8,11-12H,5,9-10,17H2,1-4H3,(H,18,19). The van der Waals surface area contributed by atoms with Crippen LogP contribution in [0.1, 0.15) is 32.8 Å². The molecule has 2 atom stereocenters. The molecule has 0 aliphatic rings. The summed E-state index contributed by atoms with van der Waals surface area (Å²) in [5.41, 5.74) is 6.56. The lowest BCUT2D eigenvalue weighted by atomic mass is 10.1. The highest BCUT2D eigenvalue weighted by atomic mass is 16.5. The summed E-state index contributed by atoms with van der Waals surface area (Å²) in [6, 6.07) is 5.77. The minimum atomic E-state index is -0.591. The third-order valence-corrected chi connectivity index (χ3v) is 3.36. The molecule has 1 aromatic rings. The van der Waals surface area contributed by atoms with Crippen molar-refractivity contribution in [2.45, 2.75) is 45.8 Å². The van der Waals surface area contributed by atoms with Crippen LogP contribution in [0.5, 0.6) is 11.5 Å². The molecule has 0 spiro atoms. The van der Waals surface area contributed by atoms with Crippen LogP contribution in [-0.2, 0) is 11.2 Å². The van der Waals surface area contributed by atoms with E-state index in [0.29, 0.717) is 24.5 Å². The number of benzene rings is 1. The number of ether oxygens (including phenoxy) is 2. The Hall–Kier alpha value is -1.75. The average molecular weight is 294 g/mol. The summed E-state index contributed by atoms with van der Waals surface area (Å²) in [6.07, 6.45) is 0.962. The fraction of sp³-hybridized carbons (Fsp3) is 0.562. The average Bonchev–Trinajstić information content (AvgIpc) is 2.48. The number of carbonyl (C=O) groups is 1. The van der Waals surface area contributed by atoms with Gasteiger partial charge in [-0.25, -0.2) is 0 Å². The summed E-state index contributed by atoms with van der Waals surface area (Å²) in [6.45, 7) is 6.23. The lowest BCUT2D eigenvalue weighted by molar-refractivity contribution is -0.127. The van der Waals surface area contributed by atoms with Gasteiger partial charge >= 0.3 is 0 Å². The molecule has 0 saturated heterocycles. The molecule has 118 valence electrons. The minimum Gasteiger partial charge on any atom is -0.493 e. The molecule has 3 N–H and O–H groups in total. The van der Waals surface area contributed by atoms with E-state index < -0.39 is 6.10 Å². The van der Waals surface area contributed by atoms with Gasteiger partial charge in [0.15, 0.2) is 17.6 Å². The first-order valence-electron chi connectivity index (χ1n) is 7.36. The minimum absolute atomic E-state index is 0.129. The largest absolute Gasteiger partial charge is 0.493 e. The normalized spacial score (nSPS) is 13.4. The molecule has 1 amide bonds. The van der Waals surface area contributed by atoms with Crippen molar-refractivity contribution in [1.82, 2.24) is 5.32 Å². The van der Waals surface area contributed by atoms with Gasteiger partial charge < -0.3 is 20.5 Å². The van der Waals surface area contributed by atoms with Gasteiger partial charge in [-0.05, 0) is 44.9 Å². The Morgan fingerprint density at radius 2 is 2.10 bits per heavy atom. The summed E-state index contributed by atoms with van der Waals surface area (Å²) >= 11 is 0. The van der Waals surface area contributed by atoms with Gasteiger partial charge in [0.2, 0.25) is 0 Å². The Labute approximate surface area is 126 Å². The Morgan fingerprint density at radius 3 is 2.67 bits per heavy atom. The molecule has 0 saturated carbocycles. The van der Waals surface area contributed by atoms with E-state index in [1.54, 1.807) is 14.0 Å². The molecule has 5 heteroatoms. The molecule has 0 radical (unpaired) electrons. The number of hydrogen-bond donors (Lipinski definition) is 2. The van der Waals surface area contributed by atoms with Gasteiger partial charge in [0.25, 0.3) is 5.91 Å². The van der Waals surface area contributed by atoms with Crippen molar-refractivity contribution in [2.75, 3.05) is 13.7 Å². The van der Waals surface area contributed by atoms with Gasteiger partial charge in [0.1, 0.15) is 0 Å². The Kier molecular flexibility index (Phi) is 7.02. The molecule has 0 bridgehead atoms. The summed E-state index contributed by atoms with van der Waals surface area (Å²) in [5, 5.41) is 2.91. The van der Waals surface area contributed by atoms with Crippen LogP contribution in [0, 0.1) is 0 Å². The van der Waals surface area contributed by atoms with E-state index in [1.807, 2.05) is 32.0 Å². The quantitative estimate of drug-likeness (QED) is 0.768. The summed E-state index contributed by atoms with van der Waals surface area (Å²) in [7, 11) is 1.58. The Balaban J connectivity index is 2.87. The summed E-state index contributed by atoms with van der Waals surface area (Å²) < 4.78 is 11.2. The lowest BCUT2D eigenvalue weighted by Gasteiger charge is -2.21. The Bertz CT molecular complexity index is 463. The van der Waals surface area contributed by atoms with Crippen LogP contribution in [0.25, 0.3) is 0 Å². The maximum Gasteiger partial charge on any atom is 0.260 e. The first-order chi connectivity index (χ1) is 10.0. The molecular weight excluding hydrogens is 268 g/mol. The zero-order valence-corrected chi connectivity index (χ0v) is 13.3. The SMILES string of the molecule is CCC(C)NC(=O)C(C)Oc1c(CCN)cccc1OC. The molecule has 1 aromatic carbocycles. The zero-order chi connectivity index (χ0) is 15.8. The highest BCUT2D eigenvalue weighted by molar-refractivity contribution is 5.81. The van der Waals surface area contributed by atoms with Crippen LogP contribution in [0.15, 0.2) is 18.2 Å². The first-order valence-corrected chi connectivity index (χ1v) is 7.36. The van der Waals surface area contributed by atoms with E-state index in [4.69, 9.17) is 15.2 Å². The molecule has 2 unspecified atom stereocenters. The monoisotopic (exact) mass is 294 g/mol. The van der Waals surface area contributed by atoms with Gasteiger partial charge in [-0.3, -0.25) is 4.79 Å².